The number of hydrogen-bond acceptors (Lipinski definition) is 6. The van der Waals surface area contributed by atoms with Crippen molar-refractivity contribution < 1.29 is 9.72 Å². The molecule has 7 nitrogen and oxygen atoms in total. The van der Waals surface area contributed by atoms with E-state index >= 15 is 0 Å². The molecule has 2 rings (SSSR count). The molecule has 1 aromatic carbocycles. The van der Waals surface area contributed by atoms with E-state index in [1.54, 1.807) is 23.6 Å². The van der Waals surface area contributed by atoms with Gasteiger partial charge in [0.05, 0.1) is 9.93 Å². The molecule has 0 radical (unpaired) electrons. The number of hydrogen-bond donors (Lipinski definition) is 2. The lowest BCUT2D eigenvalue weighted by molar-refractivity contribution is -0.385. The van der Waals surface area contributed by atoms with Crippen LogP contribution in [0.1, 0.15) is 21.1 Å². The molecule has 0 fully saturated rings. The molecule has 23 heavy (non-hydrogen) atoms. The van der Waals surface area contributed by atoms with E-state index in [0.717, 1.165) is 5.01 Å². The summed E-state index contributed by atoms with van der Waals surface area (Å²) >= 11 is 1.40. The predicted octanol–water partition coefficient (Wildman–Crippen LogP) is 1.95. The van der Waals surface area contributed by atoms with Crippen molar-refractivity contribution in [1.29, 1.82) is 0 Å². The van der Waals surface area contributed by atoms with Gasteiger partial charge in [0.15, 0.2) is 0 Å². The van der Waals surface area contributed by atoms with Crippen LogP contribution in [0.2, 0.25) is 0 Å². The van der Waals surface area contributed by atoms with Gasteiger partial charge in [-0.15, -0.1) is 23.7 Å². The average Bonchev–Trinajstić information content (AvgIpc) is 2.96. The number of halogens is 1. The number of nitrogens with two attached hydrogens (primary N) is 1. The van der Waals surface area contributed by atoms with Crippen LogP contribution in [0.25, 0.3) is 0 Å². The molecule has 0 saturated heterocycles. The van der Waals surface area contributed by atoms with Crippen LogP contribution in [-0.2, 0) is 12.8 Å². The quantitative estimate of drug-likeness (QED) is 0.581. The van der Waals surface area contributed by atoms with Crippen LogP contribution < -0.4 is 11.1 Å². The number of carbonyl (C=O) groups excluding carboxylic acids is 1. The molecule has 124 valence electrons. The van der Waals surface area contributed by atoms with E-state index in [1.807, 2.05) is 0 Å². The van der Waals surface area contributed by atoms with E-state index < -0.39 is 4.92 Å². The third-order valence-electron chi connectivity index (χ3n) is 3.01. The number of rotatable bonds is 7. The SMILES string of the molecule is Cl.NCCc1nc(C(=O)NCCc2ccccc2[N+](=O)[O-])cs1. The molecule has 0 saturated carbocycles. The van der Waals surface area contributed by atoms with Crippen molar-refractivity contribution in [2.24, 2.45) is 5.73 Å². The second-order valence-electron chi connectivity index (χ2n) is 4.56. The third-order valence-corrected chi connectivity index (χ3v) is 3.92. The number of aromatic nitrogens is 1. The van der Waals surface area contributed by atoms with Gasteiger partial charge in [-0.3, -0.25) is 14.9 Å². The lowest BCUT2D eigenvalue weighted by atomic mass is 10.1. The fourth-order valence-electron chi connectivity index (χ4n) is 1.96. The highest BCUT2D eigenvalue weighted by molar-refractivity contribution is 7.09. The highest BCUT2D eigenvalue weighted by Gasteiger charge is 2.13. The first-order chi connectivity index (χ1) is 10.6. The number of carbonyl (C=O) groups is 1. The van der Waals surface area contributed by atoms with Gasteiger partial charge in [-0.2, -0.15) is 0 Å². The van der Waals surface area contributed by atoms with E-state index in [-0.39, 0.29) is 24.0 Å². The Kier molecular flexibility index (Phi) is 7.60. The Balaban J connectivity index is 0.00000264. The maximum absolute atomic E-state index is 11.9. The van der Waals surface area contributed by atoms with Gasteiger partial charge in [0.1, 0.15) is 5.69 Å². The topological polar surface area (TPSA) is 111 Å². The van der Waals surface area contributed by atoms with E-state index in [2.05, 4.69) is 10.3 Å². The molecule has 0 unspecified atom stereocenters. The average molecular weight is 357 g/mol. The van der Waals surface area contributed by atoms with Crippen LogP contribution in [0, 0.1) is 10.1 Å². The van der Waals surface area contributed by atoms with Crippen molar-refractivity contribution in [1.82, 2.24) is 10.3 Å². The third kappa shape index (κ3) is 5.27. The Morgan fingerprint density at radius 1 is 1.35 bits per heavy atom. The normalized spacial score (nSPS) is 9.96. The molecule has 0 aliphatic rings. The van der Waals surface area contributed by atoms with Gasteiger partial charge >= 0.3 is 0 Å². The molecule has 9 heteroatoms. The lowest BCUT2D eigenvalue weighted by Crippen LogP contribution is -2.26. The van der Waals surface area contributed by atoms with Crippen molar-refractivity contribution in [3.63, 3.8) is 0 Å². The minimum atomic E-state index is -0.420. The summed E-state index contributed by atoms with van der Waals surface area (Å²) in [5.74, 6) is -0.280. The first-order valence-corrected chi connectivity index (χ1v) is 7.64. The molecular weight excluding hydrogens is 340 g/mol. The zero-order valence-electron chi connectivity index (χ0n) is 12.2. The van der Waals surface area contributed by atoms with Crippen molar-refractivity contribution >= 4 is 35.3 Å². The van der Waals surface area contributed by atoms with Gasteiger partial charge in [0.2, 0.25) is 0 Å². The first kappa shape index (κ1) is 19.0. The van der Waals surface area contributed by atoms with Crippen LogP contribution in [0.3, 0.4) is 0 Å². The fraction of sp³-hybridized carbons (Fsp3) is 0.286. The smallest absolute Gasteiger partial charge is 0.272 e. The Morgan fingerprint density at radius 3 is 2.78 bits per heavy atom. The minimum absolute atomic E-state index is 0. The molecule has 1 aromatic heterocycles. The number of nitrogens with one attached hydrogen (secondary N) is 1. The summed E-state index contributed by atoms with van der Waals surface area (Å²) in [5, 5.41) is 16.1. The monoisotopic (exact) mass is 356 g/mol. The minimum Gasteiger partial charge on any atom is -0.350 e. The molecule has 0 atom stereocenters. The summed E-state index contributed by atoms with van der Waals surface area (Å²) in [4.78, 5) is 26.6. The summed E-state index contributed by atoms with van der Waals surface area (Å²) in [6.45, 7) is 0.805. The van der Waals surface area contributed by atoms with Crippen molar-refractivity contribution in [3.8, 4) is 0 Å². The number of nitro benzene ring substituents is 1. The Bertz CT molecular complexity index is 678. The highest BCUT2D eigenvalue weighted by Crippen LogP contribution is 2.17. The lowest BCUT2D eigenvalue weighted by Gasteiger charge is -2.04. The molecule has 0 aliphatic carbocycles. The van der Waals surface area contributed by atoms with Gasteiger partial charge in [-0.25, -0.2) is 4.98 Å². The number of thiazole rings is 1. The second kappa shape index (κ2) is 9.19. The van der Waals surface area contributed by atoms with Crippen LogP contribution in [-0.4, -0.2) is 28.9 Å². The summed E-state index contributed by atoms with van der Waals surface area (Å²) in [6, 6.07) is 6.50. The molecule has 0 bridgehead atoms. The maximum atomic E-state index is 11.9. The molecular formula is C14H17ClN4O3S. The van der Waals surface area contributed by atoms with Gasteiger partial charge in [0, 0.05) is 30.0 Å². The Hall–Kier alpha value is -2.03. The van der Waals surface area contributed by atoms with E-state index in [0.29, 0.717) is 37.2 Å². The van der Waals surface area contributed by atoms with Crippen molar-refractivity contribution in [2.75, 3.05) is 13.1 Å². The van der Waals surface area contributed by atoms with Gasteiger partial charge in [-0.05, 0) is 13.0 Å². The molecule has 0 aliphatic heterocycles. The highest BCUT2D eigenvalue weighted by atomic mass is 35.5. The van der Waals surface area contributed by atoms with Crippen molar-refractivity contribution in [2.45, 2.75) is 12.8 Å². The number of amides is 1. The number of para-hydroxylation sites is 1. The number of nitro groups is 1. The van der Waals surface area contributed by atoms with Crippen LogP contribution in [0.15, 0.2) is 29.6 Å². The molecule has 1 amide bonds. The molecule has 0 spiro atoms. The van der Waals surface area contributed by atoms with Gasteiger partial charge < -0.3 is 11.1 Å². The maximum Gasteiger partial charge on any atom is 0.272 e. The van der Waals surface area contributed by atoms with E-state index in [4.69, 9.17) is 5.73 Å². The van der Waals surface area contributed by atoms with Crippen LogP contribution >= 0.6 is 23.7 Å². The second-order valence-corrected chi connectivity index (χ2v) is 5.50. The van der Waals surface area contributed by atoms with Crippen LogP contribution in [0.4, 0.5) is 5.69 Å². The van der Waals surface area contributed by atoms with Gasteiger partial charge in [0.25, 0.3) is 11.6 Å². The zero-order valence-corrected chi connectivity index (χ0v) is 13.9. The molecule has 1 heterocycles. The number of nitrogens with zero attached hydrogens (tertiary/aromatic N) is 2. The Labute approximate surface area is 143 Å². The van der Waals surface area contributed by atoms with Crippen LogP contribution in [0.5, 0.6) is 0 Å². The zero-order chi connectivity index (χ0) is 15.9. The summed E-state index contributed by atoms with van der Waals surface area (Å²) in [5.41, 5.74) is 6.46. The van der Waals surface area contributed by atoms with E-state index in [9.17, 15) is 14.9 Å². The van der Waals surface area contributed by atoms with Crippen molar-refractivity contribution in [3.05, 3.63) is 56.0 Å². The predicted molar refractivity (Wildman–Crippen MR) is 91.3 cm³/mol. The van der Waals surface area contributed by atoms with Gasteiger partial charge in [-0.1, -0.05) is 18.2 Å². The van der Waals surface area contributed by atoms with E-state index in [1.165, 1.54) is 17.4 Å². The molecule has 3 N–H and O–H groups in total. The standard InChI is InChI=1S/C14H16N4O3S.ClH/c15-7-5-13-17-11(9-22-13)14(19)16-8-6-10-3-1-2-4-12(10)18(20)21;/h1-4,9H,5-8,15H2,(H,16,19);1H. The largest absolute Gasteiger partial charge is 0.350 e. The Morgan fingerprint density at radius 2 is 2.09 bits per heavy atom. The number of benzene rings is 1. The first-order valence-electron chi connectivity index (χ1n) is 6.76. The molecule has 2 aromatic rings. The summed E-state index contributed by atoms with van der Waals surface area (Å²) < 4.78 is 0. The summed E-state index contributed by atoms with van der Waals surface area (Å²) in [6.07, 6.45) is 1.04. The fourth-order valence-corrected chi connectivity index (χ4v) is 2.75. The summed E-state index contributed by atoms with van der Waals surface area (Å²) in [7, 11) is 0.